The van der Waals surface area contributed by atoms with Gasteiger partial charge in [0.2, 0.25) is 5.91 Å². The highest BCUT2D eigenvalue weighted by Gasteiger charge is 2.51. The molecule has 2 bridgehead atoms. The number of hydrogen-bond donors (Lipinski definition) is 12. The predicted octanol–water partition coefficient (Wildman–Crippen LogP) is 1.54. The van der Waals surface area contributed by atoms with Crippen LogP contribution < -0.4 is 11.1 Å². The molecule has 69 heavy (non-hydrogen) atoms. The van der Waals surface area contributed by atoms with Crippen molar-refractivity contribution in [2.24, 2.45) is 23.5 Å². The number of nitrogens with two attached hydrogens (primary N) is 1. The Balaban J connectivity index is 1.93. The lowest BCUT2D eigenvalue weighted by molar-refractivity contribution is -0.307. The molecule has 0 aromatic carbocycles. The molecule has 0 radical (unpaired) electrons. The summed E-state index contributed by atoms with van der Waals surface area (Å²) >= 11 is 0. The van der Waals surface area contributed by atoms with Gasteiger partial charge in [0.15, 0.2) is 12.1 Å². The lowest BCUT2D eigenvalue weighted by atomic mass is 9.81. The summed E-state index contributed by atoms with van der Waals surface area (Å²) in [6, 6.07) is -1.13. The third-order valence-electron chi connectivity index (χ3n) is 12.5. The second-order valence-corrected chi connectivity index (χ2v) is 20.0. The average Bonchev–Trinajstić information content (AvgIpc) is 3.24. The highest BCUT2D eigenvalue weighted by atomic mass is 16.7. The van der Waals surface area contributed by atoms with Crippen LogP contribution in [0.25, 0.3) is 0 Å². The predicted molar refractivity (Wildman–Crippen MR) is 257 cm³/mol. The molecule has 0 aromatic heterocycles. The third-order valence-corrected chi connectivity index (χ3v) is 12.5. The van der Waals surface area contributed by atoms with Crippen molar-refractivity contribution in [3.05, 3.63) is 85.1 Å². The van der Waals surface area contributed by atoms with Gasteiger partial charge < -0.3 is 81.1 Å². The van der Waals surface area contributed by atoms with Crippen molar-refractivity contribution in [1.82, 2.24) is 5.32 Å². The number of esters is 1. The van der Waals surface area contributed by atoms with Gasteiger partial charge in [-0.1, -0.05) is 98.9 Å². The quantitative estimate of drug-likeness (QED) is 0.179. The second kappa shape index (κ2) is 28.6. The van der Waals surface area contributed by atoms with E-state index in [1.807, 2.05) is 49.5 Å². The molecular weight excluding hydrogens is 897 g/mol. The van der Waals surface area contributed by atoms with Crippen LogP contribution in [0.4, 0.5) is 0 Å². The van der Waals surface area contributed by atoms with Crippen LogP contribution in [0.3, 0.4) is 0 Å². The molecule has 392 valence electrons. The summed E-state index contributed by atoms with van der Waals surface area (Å²) in [6.07, 6.45) is 4.87. The topological polar surface area (TPSA) is 311 Å². The molecule has 0 aromatic rings. The zero-order valence-corrected chi connectivity index (χ0v) is 41.1. The molecule has 3 aliphatic heterocycles. The van der Waals surface area contributed by atoms with E-state index in [4.69, 9.17) is 24.7 Å². The standard InChI is InChI=1S/C51H82N2O16/c1-30-20-18-16-14-12-10-8-9-11-13-15-17-19-21-37(68-49-47(63)44(52)46(62)33(4)67-49)27-41-43(48(64)53-50(5,6)7)40(59)29-51(65,69-41)28-36(56)25-39(58)38(57)23-22-34(54)24-35(55)26-42(60)66-32(3)31(2)45(30)61/h8-21,30-41,43-47,49,54-59,61-63,65H,22-29,52H2,1-7H3,(H,53,64)/b9-8+,12-10+,13-11+,16-14+,17-15+,20-18+,21-19+/t30-,31-,32-,33+,34+,35+,36-,37-,38+,39+,40-,41-,43?,44-,45+,46+,47-,49-,51+/m0/s1. The van der Waals surface area contributed by atoms with Gasteiger partial charge in [-0.3, -0.25) is 9.59 Å². The van der Waals surface area contributed by atoms with Crippen LogP contribution in [0.2, 0.25) is 0 Å². The van der Waals surface area contributed by atoms with Crippen LogP contribution in [0.5, 0.6) is 0 Å². The Morgan fingerprint density at radius 3 is 1.83 bits per heavy atom. The van der Waals surface area contributed by atoms with Gasteiger partial charge >= 0.3 is 5.97 Å². The van der Waals surface area contributed by atoms with E-state index in [-0.39, 0.29) is 31.6 Å². The number of carbonyl (C=O) groups is 2. The fourth-order valence-corrected chi connectivity index (χ4v) is 8.44. The van der Waals surface area contributed by atoms with Crippen molar-refractivity contribution in [3.8, 4) is 0 Å². The van der Waals surface area contributed by atoms with E-state index in [9.17, 15) is 60.7 Å². The van der Waals surface area contributed by atoms with E-state index < -0.39 is 152 Å². The largest absolute Gasteiger partial charge is 0.462 e. The average molecular weight is 979 g/mol. The summed E-state index contributed by atoms with van der Waals surface area (Å²) in [5, 5.41) is 113. The summed E-state index contributed by atoms with van der Waals surface area (Å²) in [7, 11) is 0. The van der Waals surface area contributed by atoms with E-state index in [1.165, 1.54) is 0 Å². The van der Waals surface area contributed by atoms with E-state index >= 15 is 0 Å². The van der Waals surface area contributed by atoms with Crippen LogP contribution in [0, 0.1) is 17.8 Å². The van der Waals surface area contributed by atoms with Crippen LogP contribution in [-0.4, -0.2) is 166 Å². The number of carbonyl (C=O) groups excluding carboxylic acids is 2. The van der Waals surface area contributed by atoms with Gasteiger partial charge in [-0.2, -0.15) is 0 Å². The fourth-order valence-electron chi connectivity index (χ4n) is 8.44. The second-order valence-electron chi connectivity index (χ2n) is 20.0. The number of fused-ring (bicyclic) bond motifs is 2. The lowest BCUT2D eigenvalue weighted by Crippen LogP contribution is -2.62. The monoisotopic (exact) mass is 979 g/mol. The smallest absolute Gasteiger partial charge is 0.308 e. The molecule has 18 heteroatoms. The van der Waals surface area contributed by atoms with E-state index in [0.29, 0.717) is 0 Å². The first-order valence-electron chi connectivity index (χ1n) is 24.1. The Kier molecular flexibility index (Phi) is 24.8. The molecule has 13 N–H and O–H groups in total. The molecule has 2 fully saturated rings. The van der Waals surface area contributed by atoms with Gasteiger partial charge in [-0.05, 0) is 53.9 Å². The third kappa shape index (κ3) is 20.7. The van der Waals surface area contributed by atoms with E-state index in [2.05, 4.69) is 5.32 Å². The molecule has 0 spiro atoms. The van der Waals surface area contributed by atoms with Crippen LogP contribution in [-0.2, 0) is 28.5 Å². The molecule has 1 unspecified atom stereocenters. The summed E-state index contributed by atoms with van der Waals surface area (Å²) < 4.78 is 23.7. The molecule has 1 amide bonds. The normalized spacial score (nSPS) is 43.8. The van der Waals surface area contributed by atoms with E-state index in [1.54, 1.807) is 84.1 Å². The minimum atomic E-state index is -2.26. The van der Waals surface area contributed by atoms with E-state index in [0.717, 1.165) is 0 Å². The Hall–Kier alpha value is -3.44. The Morgan fingerprint density at radius 1 is 0.681 bits per heavy atom. The Labute approximate surface area is 407 Å². The minimum Gasteiger partial charge on any atom is -0.462 e. The number of aliphatic hydroxyl groups is 10. The summed E-state index contributed by atoms with van der Waals surface area (Å²) in [5.41, 5.74) is 5.37. The van der Waals surface area contributed by atoms with Gasteiger partial charge in [-0.15, -0.1) is 0 Å². The van der Waals surface area contributed by atoms with Crippen LogP contribution in [0.1, 0.15) is 99.8 Å². The number of allylic oxidation sites excluding steroid dienone is 12. The van der Waals surface area contributed by atoms with Gasteiger partial charge in [0.05, 0.1) is 85.5 Å². The van der Waals surface area contributed by atoms with Gasteiger partial charge in [-0.25, -0.2) is 0 Å². The molecule has 0 saturated carbocycles. The molecular formula is C51H82N2O16. The van der Waals surface area contributed by atoms with Crippen molar-refractivity contribution in [2.75, 3.05) is 0 Å². The minimum absolute atomic E-state index is 0.0918. The lowest BCUT2D eigenvalue weighted by Gasteiger charge is -2.46. The summed E-state index contributed by atoms with van der Waals surface area (Å²) in [4.78, 5) is 26.5. The highest BCUT2D eigenvalue weighted by molar-refractivity contribution is 5.80. The summed E-state index contributed by atoms with van der Waals surface area (Å²) in [6.45, 7) is 12.1. The van der Waals surface area contributed by atoms with Gasteiger partial charge in [0, 0.05) is 43.1 Å². The first-order valence-corrected chi connectivity index (χ1v) is 24.1. The Morgan fingerprint density at radius 2 is 1.25 bits per heavy atom. The van der Waals surface area contributed by atoms with Crippen LogP contribution >= 0.6 is 0 Å². The molecule has 3 aliphatic rings. The molecule has 18 nitrogen and oxygen atoms in total. The molecule has 3 heterocycles. The zero-order valence-electron chi connectivity index (χ0n) is 41.1. The maximum Gasteiger partial charge on any atom is 0.308 e. The number of rotatable bonds is 3. The number of aliphatic hydroxyl groups excluding tert-OH is 9. The van der Waals surface area contributed by atoms with Crippen LogP contribution in [0.15, 0.2) is 85.1 Å². The number of nitrogens with one attached hydrogen (secondary N) is 1. The first-order chi connectivity index (χ1) is 32.3. The maximum atomic E-state index is 13.8. The highest BCUT2D eigenvalue weighted by Crippen LogP contribution is 2.38. The van der Waals surface area contributed by atoms with Crippen molar-refractivity contribution in [3.63, 3.8) is 0 Å². The SMILES string of the molecule is C[C@@H]1[C@H](O)[C@@H](C)/C=C/C=C/C=C/C=C/C=C/C=C/C=C/[C@H](O[C@@H]2O[C@H](C)[C@@H](O)[C@H](N)[C@@H]2O)C[C@@H]2O[C@](O)(C[C@@H](O)C[C@@H](O)[C@H](O)CC[C@@H](O)C[C@@H](O)CC(=O)O[C@H]1C)C[C@H](O)C2C(=O)NC(C)(C)C. The summed E-state index contributed by atoms with van der Waals surface area (Å²) in [5.74, 6) is -5.57. The maximum absolute atomic E-state index is 13.8. The Bertz CT molecular complexity index is 1780. The van der Waals surface area contributed by atoms with Crippen molar-refractivity contribution >= 4 is 11.9 Å². The fraction of sp³-hybridized carbons (Fsp3) is 0.686. The number of amides is 1. The van der Waals surface area contributed by atoms with Crippen molar-refractivity contribution < 1.29 is 79.6 Å². The van der Waals surface area contributed by atoms with Gasteiger partial charge in [0.1, 0.15) is 12.2 Å². The first kappa shape index (κ1) is 59.9. The van der Waals surface area contributed by atoms with Gasteiger partial charge in [0.25, 0.3) is 0 Å². The number of ether oxygens (including phenoxy) is 4. The zero-order chi connectivity index (χ0) is 51.6. The van der Waals surface area contributed by atoms with Crippen molar-refractivity contribution in [1.29, 1.82) is 0 Å². The number of hydrogen-bond acceptors (Lipinski definition) is 17. The molecule has 0 aliphatic carbocycles. The number of cyclic esters (lactones) is 1. The molecule has 3 rings (SSSR count). The molecule has 2 saturated heterocycles. The molecule has 19 atom stereocenters. The van der Waals surface area contributed by atoms with Crippen molar-refractivity contribution in [2.45, 2.75) is 203 Å².